The number of hydrogen-bond donors (Lipinski definition) is 1. The van der Waals surface area contributed by atoms with Crippen LogP contribution in [0.3, 0.4) is 0 Å². The minimum absolute atomic E-state index is 0.437. The van der Waals surface area contributed by atoms with Crippen molar-refractivity contribution in [1.29, 1.82) is 0 Å². The van der Waals surface area contributed by atoms with Gasteiger partial charge in [-0.2, -0.15) is 4.31 Å². The molecule has 5 nitrogen and oxygen atoms in total. The molecule has 1 aromatic heterocycles. The van der Waals surface area contributed by atoms with Gasteiger partial charge in [0.1, 0.15) is 0 Å². The van der Waals surface area contributed by atoms with Gasteiger partial charge in [0.05, 0.1) is 4.90 Å². The average molecular weight is 319 g/mol. The summed E-state index contributed by atoms with van der Waals surface area (Å²) in [6, 6.07) is 1.70. The van der Waals surface area contributed by atoms with Crippen LogP contribution in [0.4, 0.5) is 0 Å². The largest absolute Gasteiger partial charge is 0.312 e. The van der Waals surface area contributed by atoms with Crippen molar-refractivity contribution in [1.82, 2.24) is 14.5 Å². The topological polar surface area (TPSA) is 52.7 Å². The molecule has 0 atom stereocenters. The van der Waals surface area contributed by atoms with E-state index in [4.69, 9.17) is 0 Å². The maximum Gasteiger partial charge on any atom is 0.244 e. The van der Waals surface area contributed by atoms with Gasteiger partial charge in [0.15, 0.2) is 0 Å². The predicted octanol–water partition coefficient (Wildman–Crippen LogP) is 1.43. The standard InChI is InChI=1S/C13H25N3O2S2/c1-5-7-14-11-12-13(6-10-19-12)20(17,18)16(4)9-8-15(2)3/h6,10,14H,5,7-9,11H2,1-4H3. The van der Waals surface area contributed by atoms with Gasteiger partial charge in [-0.15, -0.1) is 11.3 Å². The molecule has 0 fully saturated rings. The predicted molar refractivity (Wildman–Crippen MR) is 84.7 cm³/mol. The van der Waals surface area contributed by atoms with Crippen molar-refractivity contribution in [2.45, 2.75) is 24.8 Å². The number of nitrogens with one attached hydrogen (secondary N) is 1. The third-order valence-electron chi connectivity index (χ3n) is 2.97. The molecule has 1 rings (SSSR count). The highest BCUT2D eigenvalue weighted by Gasteiger charge is 2.24. The number of hydrogen-bond acceptors (Lipinski definition) is 5. The van der Waals surface area contributed by atoms with Crippen LogP contribution < -0.4 is 5.32 Å². The van der Waals surface area contributed by atoms with E-state index in [9.17, 15) is 8.42 Å². The lowest BCUT2D eigenvalue weighted by Crippen LogP contribution is -2.34. The molecular weight excluding hydrogens is 294 g/mol. The third kappa shape index (κ3) is 4.82. The Kier molecular flexibility index (Phi) is 7.11. The minimum Gasteiger partial charge on any atom is -0.312 e. The lowest BCUT2D eigenvalue weighted by molar-refractivity contribution is 0.358. The zero-order valence-electron chi connectivity index (χ0n) is 12.7. The molecule has 0 aliphatic carbocycles. The molecule has 1 aromatic rings. The Bertz CT molecular complexity index is 497. The summed E-state index contributed by atoms with van der Waals surface area (Å²) in [5, 5.41) is 5.10. The van der Waals surface area contributed by atoms with E-state index in [-0.39, 0.29) is 0 Å². The smallest absolute Gasteiger partial charge is 0.244 e. The van der Waals surface area contributed by atoms with E-state index >= 15 is 0 Å². The third-order valence-corrected chi connectivity index (χ3v) is 5.96. The van der Waals surface area contributed by atoms with E-state index in [1.165, 1.54) is 15.6 Å². The second kappa shape index (κ2) is 8.09. The number of thiophene rings is 1. The van der Waals surface area contributed by atoms with Gasteiger partial charge >= 0.3 is 0 Å². The van der Waals surface area contributed by atoms with E-state index in [2.05, 4.69) is 12.2 Å². The summed E-state index contributed by atoms with van der Waals surface area (Å²) in [4.78, 5) is 3.30. The molecule has 0 saturated carbocycles. The quantitative estimate of drug-likeness (QED) is 0.700. The van der Waals surface area contributed by atoms with Crippen molar-refractivity contribution in [3.63, 3.8) is 0 Å². The van der Waals surface area contributed by atoms with E-state index in [1.54, 1.807) is 13.1 Å². The first-order chi connectivity index (χ1) is 9.39. The summed E-state index contributed by atoms with van der Waals surface area (Å²) >= 11 is 1.49. The second-order valence-corrected chi connectivity index (χ2v) is 8.03. The van der Waals surface area contributed by atoms with Gasteiger partial charge in [0.25, 0.3) is 0 Å². The molecule has 116 valence electrons. The van der Waals surface area contributed by atoms with Crippen LogP contribution in [0.1, 0.15) is 18.2 Å². The average Bonchev–Trinajstić information content (AvgIpc) is 2.85. The SMILES string of the molecule is CCCNCc1sccc1S(=O)(=O)N(C)CCN(C)C. The van der Waals surface area contributed by atoms with Crippen LogP contribution in [0.5, 0.6) is 0 Å². The van der Waals surface area contributed by atoms with Crippen molar-refractivity contribution in [2.24, 2.45) is 0 Å². The molecule has 7 heteroatoms. The van der Waals surface area contributed by atoms with Gasteiger partial charge in [0.2, 0.25) is 10.0 Å². The molecule has 0 aliphatic heterocycles. The molecule has 0 unspecified atom stereocenters. The number of nitrogens with zero attached hydrogens (tertiary/aromatic N) is 2. The monoisotopic (exact) mass is 319 g/mol. The first-order valence-corrected chi connectivity index (χ1v) is 9.09. The van der Waals surface area contributed by atoms with E-state index < -0.39 is 10.0 Å². The zero-order chi connectivity index (χ0) is 15.2. The molecule has 0 radical (unpaired) electrons. The van der Waals surface area contributed by atoms with Gasteiger partial charge in [-0.1, -0.05) is 6.92 Å². The van der Waals surface area contributed by atoms with Crippen molar-refractivity contribution >= 4 is 21.4 Å². The zero-order valence-corrected chi connectivity index (χ0v) is 14.4. The lowest BCUT2D eigenvalue weighted by atomic mass is 10.4. The molecule has 1 N–H and O–H groups in total. The number of likely N-dealkylation sites (N-methyl/N-ethyl adjacent to an activating group) is 2. The Morgan fingerprint density at radius 3 is 2.55 bits per heavy atom. The van der Waals surface area contributed by atoms with Gasteiger partial charge in [-0.3, -0.25) is 0 Å². The highest BCUT2D eigenvalue weighted by Crippen LogP contribution is 2.24. The maximum atomic E-state index is 12.5. The summed E-state index contributed by atoms with van der Waals surface area (Å²) in [6.45, 7) is 4.81. The van der Waals surface area contributed by atoms with E-state index in [0.29, 0.717) is 24.5 Å². The molecule has 0 amide bonds. The Labute approximate surface area is 126 Å². The maximum absolute atomic E-state index is 12.5. The summed E-state index contributed by atoms with van der Waals surface area (Å²) in [7, 11) is 2.13. The summed E-state index contributed by atoms with van der Waals surface area (Å²) in [5.41, 5.74) is 0. The van der Waals surface area contributed by atoms with Crippen LogP contribution in [0.2, 0.25) is 0 Å². The van der Waals surface area contributed by atoms with Crippen molar-refractivity contribution in [3.8, 4) is 0 Å². The minimum atomic E-state index is -3.38. The van der Waals surface area contributed by atoms with E-state index in [0.717, 1.165) is 17.8 Å². The van der Waals surface area contributed by atoms with E-state index in [1.807, 2.05) is 24.4 Å². The van der Waals surface area contributed by atoms with Crippen LogP contribution in [0.25, 0.3) is 0 Å². The fourth-order valence-electron chi connectivity index (χ4n) is 1.70. The Hall–Kier alpha value is -0.470. The first kappa shape index (κ1) is 17.6. The Morgan fingerprint density at radius 2 is 1.95 bits per heavy atom. The summed E-state index contributed by atoms with van der Waals surface area (Å²) in [6.07, 6.45) is 1.04. The Balaban J connectivity index is 2.79. The van der Waals surface area contributed by atoms with Crippen LogP contribution in [-0.2, 0) is 16.6 Å². The van der Waals surface area contributed by atoms with Crippen LogP contribution in [0.15, 0.2) is 16.3 Å². The van der Waals surface area contributed by atoms with Gasteiger partial charge < -0.3 is 10.2 Å². The van der Waals surface area contributed by atoms with Gasteiger partial charge in [0, 0.05) is 31.6 Å². The van der Waals surface area contributed by atoms with Crippen molar-refractivity contribution < 1.29 is 8.42 Å². The summed E-state index contributed by atoms with van der Waals surface area (Å²) < 4.78 is 26.5. The van der Waals surface area contributed by atoms with Crippen LogP contribution in [0, 0.1) is 0 Å². The number of rotatable bonds is 9. The van der Waals surface area contributed by atoms with Gasteiger partial charge in [-0.05, 0) is 38.5 Å². The van der Waals surface area contributed by atoms with Crippen molar-refractivity contribution in [3.05, 3.63) is 16.3 Å². The van der Waals surface area contributed by atoms with Crippen LogP contribution >= 0.6 is 11.3 Å². The molecule has 0 saturated heterocycles. The fourth-order valence-corrected chi connectivity index (χ4v) is 4.24. The highest BCUT2D eigenvalue weighted by molar-refractivity contribution is 7.89. The molecule has 20 heavy (non-hydrogen) atoms. The normalized spacial score (nSPS) is 12.5. The van der Waals surface area contributed by atoms with Crippen molar-refractivity contribution in [2.75, 3.05) is 40.8 Å². The number of sulfonamides is 1. The molecule has 0 bridgehead atoms. The Morgan fingerprint density at radius 1 is 1.25 bits per heavy atom. The molecular formula is C13H25N3O2S2. The molecule has 1 heterocycles. The highest BCUT2D eigenvalue weighted by atomic mass is 32.2. The van der Waals surface area contributed by atoms with Crippen LogP contribution in [-0.4, -0.2) is 58.4 Å². The molecule has 0 spiro atoms. The van der Waals surface area contributed by atoms with Gasteiger partial charge in [-0.25, -0.2) is 8.42 Å². The molecule has 0 aromatic carbocycles. The fraction of sp³-hybridized carbons (Fsp3) is 0.692. The summed E-state index contributed by atoms with van der Waals surface area (Å²) in [5.74, 6) is 0. The second-order valence-electron chi connectivity index (χ2n) is 5.01. The molecule has 0 aliphatic rings. The lowest BCUT2D eigenvalue weighted by Gasteiger charge is -2.19. The first-order valence-electron chi connectivity index (χ1n) is 6.77.